The third-order valence-electron chi connectivity index (χ3n) is 3.50. The summed E-state index contributed by atoms with van der Waals surface area (Å²) in [6, 6.07) is 3.08. The van der Waals surface area contributed by atoms with E-state index in [9.17, 15) is 19.7 Å². The summed E-state index contributed by atoms with van der Waals surface area (Å²) in [4.78, 5) is 35.7. The van der Waals surface area contributed by atoms with Crippen molar-refractivity contribution in [1.29, 1.82) is 0 Å². The molecular weight excluding hydrogens is 306 g/mol. The summed E-state index contributed by atoms with van der Waals surface area (Å²) in [5, 5.41) is 22.5. The van der Waals surface area contributed by atoms with Gasteiger partial charge in [-0.3, -0.25) is 19.7 Å². The summed E-state index contributed by atoms with van der Waals surface area (Å²) in [6.45, 7) is 2.96. The highest BCUT2D eigenvalue weighted by molar-refractivity contribution is 6.03. The number of anilines is 1. The maximum absolute atomic E-state index is 12.3. The van der Waals surface area contributed by atoms with Gasteiger partial charge >= 0.3 is 5.97 Å². The number of nitro benzene ring substituents is 1. The second kappa shape index (κ2) is 7.05. The fourth-order valence-electron chi connectivity index (χ4n) is 2.32. The van der Waals surface area contributed by atoms with E-state index in [1.807, 2.05) is 0 Å². The van der Waals surface area contributed by atoms with Crippen molar-refractivity contribution in [2.45, 2.75) is 13.0 Å². The molecule has 0 aliphatic carbocycles. The first-order valence-electron chi connectivity index (χ1n) is 7.05. The third-order valence-corrected chi connectivity index (χ3v) is 3.50. The lowest BCUT2D eigenvalue weighted by molar-refractivity contribution is -0.384. The highest BCUT2D eigenvalue weighted by atomic mass is 16.6. The minimum absolute atomic E-state index is 0.0780. The molecule has 0 spiro atoms. The minimum Gasteiger partial charge on any atom is -0.480 e. The zero-order valence-corrected chi connectivity index (χ0v) is 12.5. The number of amides is 1. The van der Waals surface area contributed by atoms with Crippen LogP contribution in [0, 0.1) is 10.1 Å². The first-order valence-corrected chi connectivity index (χ1v) is 7.05. The Morgan fingerprint density at radius 3 is 2.61 bits per heavy atom. The standard InChI is InChI=1S/C14H17N3O6/c1-9(14(19)20)15-13(18)10-3-2-4-11(17(21)22)12(10)16-5-7-23-8-6-16/h2-4,9H,5-8H2,1H3,(H,15,18)(H,19,20). The van der Waals surface area contributed by atoms with Gasteiger partial charge in [0.05, 0.1) is 23.7 Å². The van der Waals surface area contributed by atoms with E-state index in [-0.39, 0.29) is 16.9 Å². The molecule has 1 unspecified atom stereocenters. The van der Waals surface area contributed by atoms with Crippen LogP contribution in [0.2, 0.25) is 0 Å². The summed E-state index contributed by atoms with van der Waals surface area (Å²) in [5.41, 5.74) is 0.0765. The van der Waals surface area contributed by atoms with E-state index in [1.54, 1.807) is 4.90 Å². The lowest BCUT2D eigenvalue weighted by Gasteiger charge is -2.30. The van der Waals surface area contributed by atoms with Crippen LogP contribution in [0.25, 0.3) is 0 Å². The molecule has 124 valence electrons. The molecule has 0 aromatic heterocycles. The van der Waals surface area contributed by atoms with Crippen molar-refractivity contribution < 1.29 is 24.4 Å². The second-order valence-electron chi connectivity index (χ2n) is 5.06. The topological polar surface area (TPSA) is 122 Å². The lowest BCUT2D eigenvalue weighted by atomic mass is 10.1. The Kier molecular flexibility index (Phi) is 5.12. The predicted octanol–water partition coefficient (Wildman–Crippen LogP) is 0.634. The summed E-state index contributed by atoms with van der Waals surface area (Å²) in [7, 11) is 0. The van der Waals surface area contributed by atoms with Gasteiger partial charge in [0.1, 0.15) is 11.7 Å². The van der Waals surface area contributed by atoms with Crippen LogP contribution in [0.5, 0.6) is 0 Å². The first kappa shape index (κ1) is 16.7. The van der Waals surface area contributed by atoms with Gasteiger partial charge in [0.15, 0.2) is 0 Å². The average molecular weight is 323 g/mol. The summed E-state index contributed by atoms with van der Waals surface area (Å²) in [5.74, 6) is -1.85. The van der Waals surface area contributed by atoms with Crippen molar-refractivity contribution in [1.82, 2.24) is 5.32 Å². The number of nitrogens with one attached hydrogen (secondary N) is 1. The number of aliphatic carboxylic acids is 1. The number of morpholine rings is 1. The van der Waals surface area contributed by atoms with Gasteiger partial charge in [-0.1, -0.05) is 6.07 Å². The van der Waals surface area contributed by atoms with E-state index in [0.717, 1.165) is 0 Å². The molecule has 1 aromatic carbocycles. The fourth-order valence-corrected chi connectivity index (χ4v) is 2.32. The van der Waals surface area contributed by atoms with Gasteiger partial charge in [-0.15, -0.1) is 0 Å². The number of carbonyl (C=O) groups excluding carboxylic acids is 1. The van der Waals surface area contributed by atoms with Gasteiger partial charge < -0.3 is 20.1 Å². The van der Waals surface area contributed by atoms with Gasteiger partial charge in [0.25, 0.3) is 11.6 Å². The zero-order valence-electron chi connectivity index (χ0n) is 12.5. The first-order chi connectivity index (χ1) is 10.9. The van der Waals surface area contributed by atoms with Crippen LogP contribution in [0.1, 0.15) is 17.3 Å². The number of carboxylic acids is 1. The van der Waals surface area contributed by atoms with Gasteiger partial charge in [0, 0.05) is 19.2 Å². The summed E-state index contributed by atoms with van der Waals surface area (Å²) in [6.07, 6.45) is 0. The molecule has 1 atom stereocenters. The van der Waals surface area contributed by atoms with E-state index in [0.29, 0.717) is 26.3 Å². The van der Waals surface area contributed by atoms with Crippen molar-refractivity contribution in [3.05, 3.63) is 33.9 Å². The van der Waals surface area contributed by atoms with Gasteiger partial charge in [-0.05, 0) is 13.0 Å². The summed E-state index contributed by atoms with van der Waals surface area (Å²) >= 11 is 0. The van der Waals surface area contributed by atoms with Crippen molar-refractivity contribution in [3.8, 4) is 0 Å². The maximum Gasteiger partial charge on any atom is 0.325 e. The Labute approximate surface area is 132 Å². The number of hydrogen-bond donors (Lipinski definition) is 2. The molecule has 0 saturated carbocycles. The van der Waals surface area contributed by atoms with Crippen molar-refractivity contribution in [3.63, 3.8) is 0 Å². The number of carboxylic acid groups (broad SMARTS) is 1. The van der Waals surface area contributed by atoms with Crippen LogP contribution >= 0.6 is 0 Å². The molecule has 1 aromatic rings. The fraction of sp³-hybridized carbons (Fsp3) is 0.429. The molecule has 2 rings (SSSR count). The Morgan fingerprint density at radius 2 is 2.04 bits per heavy atom. The van der Waals surface area contributed by atoms with Crippen molar-refractivity contribution in [2.24, 2.45) is 0 Å². The molecule has 23 heavy (non-hydrogen) atoms. The van der Waals surface area contributed by atoms with E-state index < -0.39 is 22.8 Å². The van der Waals surface area contributed by atoms with E-state index in [1.165, 1.54) is 25.1 Å². The Bertz CT molecular complexity index is 627. The predicted molar refractivity (Wildman–Crippen MR) is 80.7 cm³/mol. The van der Waals surface area contributed by atoms with Gasteiger partial charge in [-0.25, -0.2) is 0 Å². The number of hydrogen-bond acceptors (Lipinski definition) is 6. The quantitative estimate of drug-likeness (QED) is 0.602. The minimum atomic E-state index is -1.18. The highest BCUT2D eigenvalue weighted by Gasteiger charge is 2.28. The largest absolute Gasteiger partial charge is 0.480 e. The van der Waals surface area contributed by atoms with Crippen LogP contribution in [0.3, 0.4) is 0 Å². The van der Waals surface area contributed by atoms with Gasteiger partial charge in [0.2, 0.25) is 0 Å². The van der Waals surface area contributed by atoms with E-state index >= 15 is 0 Å². The molecule has 9 nitrogen and oxygen atoms in total. The van der Waals surface area contributed by atoms with E-state index in [2.05, 4.69) is 5.32 Å². The SMILES string of the molecule is CC(NC(=O)c1cccc([N+](=O)[O-])c1N1CCOCC1)C(=O)O. The smallest absolute Gasteiger partial charge is 0.325 e. The molecule has 1 amide bonds. The maximum atomic E-state index is 12.3. The monoisotopic (exact) mass is 323 g/mol. The Balaban J connectivity index is 2.41. The molecular formula is C14H17N3O6. The third kappa shape index (κ3) is 3.75. The molecule has 2 N–H and O–H groups in total. The van der Waals surface area contributed by atoms with Crippen molar-refractivity contribution >= 4 is 23.3 Å². The second-order valence-corrected chi connectivity index (χ2v) is 5.06. The normalized spacial score (nSPS) is 15.8. The number of para-hydroxylation sites is 1. The Hall–Kier alpha value is -2.68. The van der Waals surface area contributed by atoms with Crippen LogP contribution < -0.4 is 10.2 Å². The van der Waals surface area contributed by atoms with Crippen LogP contribution in [-0.2, 0) is 9.53 Å². The molecule has 1 saturated heterocycles. The summed E-state index contributed by atoms with van der Waals surface area (Å²) < 4.78 is 5.23. The van der Waals surface area contributed by atoms with Crippen LogP contribution in [0.4, 0.5) is 11.4 Å². The van der Waals surface area contributed by atoms with Crippen molar-refractivity contribution in [2.75, 3.05) is 31.2 Å². The molecule has 9 heteroatoms. The number of nitro groups is 1. The zero-order chi connectivity index (χ0) is 17.0. The number of rotatable bonds is 5. The van der Waals surface area contributed by atoms with Gasteiger partial charge in [-0.2, -0.15) is 0 Å². The molecule has 1 aliphatic rings. The van der Waals surface area contributed by atoms with Crippen LogP contribution in [-0.4, -0.2) is 54.3 Å². The average Bonchev–Trinajstić information content (AvgIpc) is 2.54. The van der Waals surface area contributed by atoms with E-state index in [4.69, 9.17) is 9.84 Å². The molecule has 0 bridgehead atoms. The van der Waals surface area contributed by atoms with Crippen LogP contribution in [0.15, 0.2) is 18.2 Å². The molecule has 0 radical (unpaired) electrons. The number of ether oxygens (including phenoxy) is 1. The highest BCUT2D eigenvalue weighted by Crippen LogP contribution is 2.32. The Morgan fingerprint density at radius 1 is 1.39 bits per heavy atom. The molecule has 1 heterocycles. The number of nitrogens with zero attached hydrogens (tertiary/aromatic N) is 2. The number of carbonyl (C=O) groups is 2. The number of benzene rings is 1. The lowest BCUT2D eigenvalue weighted by Crippen LogP contribution is -2.41. The molecule has 1 fully saturated rings. The molecule has 1 aliphatic heterocycles.